The second-order valence-corrected chi connectivity index (χ2v) is 6.49. The third-order valence-electron chi connectivity index (χ3n) is 4.95. The van der Waals surface area contributed by atoms with Crippen molar-refractivity contribution in [1.29, 1.82) is 0 Å². The van der Waals surface area contributed by atoms with Crippen LogP contribution in [0.3, 0.4) is 0 Å². The van der Waals surface area contributed by atoms with E-state index in [1.165, 1.54) is 4.90 Å². The van der Waals surface area contributed by atoms with E-state index >= 15 is 0 Å². The van der Waals surface area contributed by atoms with Gasteiger partial charge in [0.15, 0.2) is 6.04 Å². The van der Waals surface area contributed by atoms with Crippen LogP contribution in [0.1, 0.15) is 24.9 Å². The van der Waals surface area contributed by atoms with E-state index in [0.717, 1.165) is 5.56 Å². The van der Waals surface area contributed by atoms with Crippen molar-refractivity contribution in [2.24, 2.45) is 5.92 Å². The summed E-state index contributed by atoms with van der Waals surface area (Å²) < 4.78 is 5.17. The number of likely N-dealkylation sites (tertiary alicyclic amines) is 1. The summed E-state index contributed by atoms with van der Waals surface area (Å²) in [6.07, 6.45) is 0.125. The molecule has 3 unspecified atom stereocenters. The molecular formula is C18H22N2O5. The second-order valence-electron chi connectivity index (χ2n) is 6.49. The fraction of sp³-hybridized carbons (Fsp3) is 0.500. The molecule has 0 bridgehead atoms. The molecule has 2 aliphatic heterocycles. The first kappa shape index (κ1) is 17.4. The van der Waals surface area contributed by atoms with Crippen LogP contribution in [0.2, 0.25) is 0 Å². The smallest absolute Gasteiger partial charge is 0.328 e. The van der Waals surface area contributed by atoms with E-state index in [1.54, 1.807) is 4.90 Å². The summed E-state index contributed by atoms with van der Waals surface area (Å²) in [5.74, 6) is -1.92. The van der Waals surface area contributed by atoms with Crippen LogP contribution < -0.4 is 0 Å². The summed E-state index contributed by atoms with van der Waals surface area (Å²) in [7, 11) is 0. The molecule has 25 heavy (non-hydrogen) atoms. The van der Waals surface area contributed by atoms with Gasteiger partial charge in [0.2, 0.25) is 11.8 Å². The zero-order chi connectivity index (χ0) is 18.0. The van der Waals surface area contributed by atoms with Gasteiger partial charge in [-0.1, -0.05) is 30.3 Å². The lowest BCUT2D eigenvalue weighted by Crippen LogP contribution is -2.54. The number of nitrogens with zero attached hydrogens (tertiary/aromatic N) is 2. The van der Waals surface area contributed by atoms with E-state index in [0.29, 0.717) is 13.2 Å². The van der Waals surface area contributed by atoms with Gasteiger partial charge in [-0.25, -0.2) is 4.79 Å². The van der Waals surface area contributed by atoms with Crippen molar-refractivity contribution in [3.8, 4) is 0 Å². The van der Waals surface area contributed by atoms with Crippen LogP contribution in [0.5, 0.6) is 0 Å². The third-order valence-corrected chi connectivity index (χ3v) is 4.95. The highest BCUT2D eigenvalue weighted by atomic mass is 16.5. The molecule has 2 aliphatic rings. The van der Waals surface area contributed by atoms with Crippen molar-refractivity contribution < 1.29 is 24.2 Å². The maximum Gasteiger partial charge on any atom is 0.328 e. The number of hydrogen-bond acceptors (Lipinski definition) is 4. The molecular weight excluding hydrogens is 324 g/mol. The third kappa shape index (κ3) is 3.51. The summed E-state index contributed by atoms with van der Waals surface area (Å²) in [6.45, 7) is 2.81. The number of carboxylic acid groups (broad SMARTS) is 1. The highest BCUT2D eigenvalue weighted by molar-refractivity contribution is 5.91. The van der Waals surface area contributed by atoms with Crippen LogP contribution >= 0.6 is 0 Å². The molecule has 2 amide bonds. The summed E-state index contributed by atoms with van der Waals surface area (Å²) >= 11 is 0. The van der Waals surface area contributed by atoms with E-state index in [9.17, 15) is 19.5 Å². The summed E-state index contributed by atoms with van der Waals surface area (Å²) in [6, 6.07) is 8.56. The molecule has 1 N–H and O–H groups in total. The van der Waals surface area contributed by atoms with Gasteiger partial charge in [0, 0.05) is 19.5 Å². The molecule has 0 aliphatic carbocycles. The Labute approximate surface area is 146 Å². The second kappa shape index (κ2) is 7.23. The zero-order valence-corrected chi connectivity index (χ0v) is 14.1. The first-order valence-electron chi connectivity index (χ1n) is 8.44. The van der Waals surface area contributed by atoms with Gasteiger partial charge in [0.25, 0.3) is 0 Å². The Bertz CT molecular complexity index is 663. The minimum Gasteiger partial charge on any atom is -0.480 e. The number of carbonyl (C=O) groups excluding carboxylic acids is 2. The average molecular weight is 346 g/mol. The van der Waals surface area contributed by atoms with E-state index < -0.39 is 17.9 Å². The number of ether oxygens (including phenoxy) is 1. The number of rotatable bonds is 4. The largest absolute Gasteiger partial charge is 0.480 e. The van der Waals surface area contributed by atoms with Crippen LogP contribution in [0.25, 0.3) is 0 Å². The van der Waals surface area contributed by atoms with Crippen molar-refractivity contribution in [3.05, 3.63) is 35.9 Å². The van der Waals surface area contributed by atoms with Crippen molar-refractivity contribution in [2.75, 3.05) is 26.3 Å². The van der Waals surface area contributed by atoms with Crippen LogP contribution in [-0.2, 0) is 19.1 Å². The molecule has 1 aromatic carbocycles. The first-order chi connectivity index (χ1) is 12.0. The lowest BCUT2D eigenvalue weighted by Gasteiger charge is -2.34. The predicted octanol–water partition coefficient (Wildman–Crippen LogP) is 0.908. The Morgan fingerprint density at radius 1 is 1.28 bits per heavy atom. The number of morpholine rings is 1. The Balaban J connectivity index is 1.71. The molecule has 7 nitrogen and oxygen atoms in total. The van der Waals surface area contributed by atoms with Gasteiger partial charge in [-0.05, 0) is 12.5 Å². The maximum absolute atomic E-state index is 12.8. The number of carbonyl (C=O) groups is 3. The van der Waals surface area contributed by atoms with Gasteiger partial charge < -0.3 is 19.6 Å². The van der Waals surface area contributed by atoms with Gasteiger partial charge in [-0.2, -0.15) is 0 Å². The Morgan fingerprint density at radius 2 is 2.00 bits per heavy atom. The van der Waals surface area contributed by atoms with Gasteiger partial charge in [0.1, 0.15) is 0 Å². The Kier molecular flexibility index (Phi) is 5.03. The van der Waals surface area contributed by atoms with Crippen LogP contribution in [-0.4, -0.2) is 65.0 Å². The van der Waals surface area contributed by atoms with Crippen LogP contribution in [0.4, 0.5) is 0 Å². The zero-order valence-electron chi connectivity index (χ0n) is 14.1. The first-order valence-corrected chi connectivity index (χ1v) is 8.44. The molecule has 1 aromatic rings. The summed E-state index contributed by atoms with van der Waals surface area (Å²) in [4.78, 5) is 39.6. The summed E-state index contributed by atoms with van der Waals surface area (Å²) in [5.41, 5.74) is 1.01. The summed E-state index contributed by atoms with van der Waals surface area (Å²) in [5, 5.41) is 9.29. The monoisotopic (exact) mass is 346 g/mol. The molecule has 0 aromatic heterocycles. The molecule has 134 valence electrons. The number of hydrogen-bond donors (Lipinski definition) is 1. The minimum atomic E-state index is -1.08. The van der Waals surface area contributed by atoms with E-state index in [4.69, 9.17) is 4.74 Å². The standard InChI is InChI=1S/C18H22N2O5/c1-12(13-5-3-2-4-6-13)20-10-14(9-16(20)21)17(22)19-7-8-25-11-15(19)18(23)24/h2-6,12,14-15H,7-11H2,1H3,(H,23,24). The molecule has 0 radical (unpaired) electrons. The molecule has 2 saturated heterocycles. The lowest BCUT2D eigenvalue weighted by molar-refractivity contribution is -0.160. The molecule has 3 atom stereocenters. The Hall–Kier alpha value is -2.41. The SMILES string of the molecule is CC(c1ccccc1)N1CC(C(=O)N2CCOCC2C(=O)O)CC1=O. The van der Waals surface area contributed by atoms with E-state index in [2.05, 4.69) is 0 Å². The van der Waals surface area contributed by atoms with E-state index in [-0.39, 0.29) is 37.4 Å². The quantitative estimate of drug-likeness (QED) is 0.876. The fourth-order valence-electron chi connectivity index (χ4n) is 3.49. The van der Waals surface area contributed by atoms with Gasteiger partial charge in [0.05, 0.1) is 25.2 Å². The molecule has 2 fully saturated rings. The molecule has 3 rings (SSSR count). The Morgan fingerprint density at radius 3 is 2.68 bits per heavy atom. The molecule has 0 saturated carbocycles. The van der Waals surface area contributed by atoms with Crippen molar-refractivity contribution in [2.45, 2.75) is 25.4 Å². The molecule has 0 spiro atoms. The number of aliphatic carboxylic acids is 1. The minimum absolute atomic E-state index is 0.00806. The van der Waals surface area contributed by atoms with Gasteiger partial charge in [-0.15, -0.1) is 0 Å². The topological polar surface area (TPSA) is 87.2 Å². The van der Waals surface area contributed by atoms with Crippen molar-refractivity contribution in [1.82, 2.24) is 9.80 Å². The lowest BCUT2D eigenvalue weighted by atomic mass is 10.0. The highest BCUT2D eigenvalue weighted by Crippen LogP contribution is 2.30. The molecule has 7 heteroatoms. The number of benzene rings is 1. The van der Waals surface area contributed by atoms with E-state index in [1.807, 2.05) is 37.3 Å². The number of amides is 2. The van der Waals surface area contributed by atoms with Crippen LogP contribution in [0, 0.1) is 5.92 Å². The van der Waals surface area contributed by atoms with Crippen molar-refractivity contribution >= 4 is 17.8 Å². The predicted molar refractivity (Wildman–Crippen MR) is 88.6 cm³/mol. The number of carboxylic acids is 1. The average Bonchev–Trinajstić information content (AvgIpc) is 3.03. The van der Waals surface area contributed by atoms with Crippen LogP contribution in [0.15, 0.2) is 30.3 Å². The van der Waals surface area contributed by atoms with Gasteiger partial charge >= 0.3 is 5.97 Å². The van der Waals surface area contributed by atoms with Crippen molar-refractivity contribution in [3.63, 3.8) is 0 Å². The maximum atomic E-state index is 12.8. The van der Waals surface area contributed by atoms with Gasteiger partial charge in [-0.3, -0.25) is 9.59 Å². The normalized spacial score (nSPS) is 25.1. The molecule has 2 heterocycles. The highest BCUT2D eigenvalue weighted by Gasteiger charge is 2.42. The fourth-order valence-corrected chi connectivity index (χ4v) is 3.49.